The second-order valence-corrected chi connectivity index (χ2v) is 2.74. The van der Waals surface area contributed by atoms with Crippen molar-refractivity contribution in [3.05, 3.63) is 0 Å². The van der Waals surface area contributed by atoms with E-state index in [1.165, 1.54) is 0 Å². The summed E-state index contributed by atoms with van der Waals surface area (Å²) in [6.45, 7) is 3.88. The molecule has 0 spiro atoms. The number of unbranched alkanes of at least 4 members (excludes halogenated alkanes) is 2. The Kier molecular flexibility index (Phi) is 12.2. The topological polar surface area (TPSA) is 37.3 Å². The fraction of sp³-hybridized carbons (Fsp3) is 0.875. The molecular weight excluding hydrogens is 167 g/mol. The van der Waals surface area contributed by atoms with Crippen LogP contribution < -0.4 is 0 Å². The van der Waals surface area contributed by atoms with Crippen molar-refractivity contribution in [1.29, 1.82) is 0 Å². The fourth-order valence-electron chi connectivity index (χ4n) is 0.824. The van der Waals surface area contributed by atoms with Crippen LogP contribution in [0.1, 0.15) is 39.5 Å². The van der Waals surface area contributed by atoms with Crippen LogP contribution in [0.5, 0.6) is 0 Å². The standard InChI is InChI=1S/C8H16O2.K.H/c1-3-4-5-6-7(2)8(9)10;;/h7H,3-6H2,1-2H3,(H,9,10);;. The van der Waals surface area contributed by atoms with Crippen molar-refractivity contribution in [3.63, 3.8) is 0 Å². The molecule has 2 nitrogen and oxygen atoms in total. The van der Waals surface area contributed by atoms with Crippen LogP contribution in [0.4, 0.5) is 0 Å². The first-order chi connectivity index (χ1) is 4.68. The van der Waals surface area contributed by atoms with Crippen molar-refractivity contribution in [2.45, 2.75) is 39.5 Å². The molecular formula is C8H17KO2. The maximum atomic E-state index is 10.3. The predicted molar refractivity (Wildman–Crippen MR) is 48.1 cm³/mol. The Hall–Kier alpha value is 1.11. The molecule has 1 unspecified atom stereocenters. The molecule has 0 saturated carbocycles. The average Bonchev–Trinajstić information content (AvgIpc) is 1.88. The number of carboxylic acids is 1. The monoisotopic (exact) mass is 184 g/mol. The summed E-state index contributed by atoms with van der Waals surface area (Å²) in [7, 11) is 0. The van der Waals surface area contributed by atoms with Crippen molar-refractivity contribution < 1.29 is 9.90 Å². The number of rotatable bonds is 5. The fourth-order valence-corrected chi connectivity index (χ4v) is 0.824. The summed E-state index contributed by atoms with van der Waals surface area (Å²) in [5.74, 6) is -0.831. The number of carbonyl (C=O) groups is 1. The Labute approximate surface area is 111 Å². The van der Waals surface area contributed by atoms with Crippen LogP contribution in [0, 0.1) is 5.92 Å². The second kappa shape index (κ2) is 9.20. The molecule has 62 valence electrons. The van der Waals surface area contributed by atoms with Crippen LogP contribution in [0.3, 0.4) is 0 Å². The van der Waals surface area contributed by atoms with Crippen LogP contribution in [-0.2, 0) is 4.79 Å². The quantitative estimate of drug-likeness (QED) is 0.521. The zero-order valence-corrected chi connectivity index (χ0v) is 6.76. The summed E-state index contributed by atoms with van der Waals surface area (Å²) in [4.78, 5) is 10.3. The molecule has 3 heteroatoms. The molecule has 0 aromatic rings. The van der Waals surface area contributed by atoms with E-state index in [1.807, 2.05) is 0 Å². The number of carboxylic acid groups (broad SMARTS) is 1. The molecule has 0 amide bonds. The zero-order valence-electron chi connectivity index (χ0n) is 6.76. The van der Waals surface area contributed by atoms with Gasteiger partial charge >= 0.3 is 57.4 Å². The molecule has 0 saturated heterocycles. The van der Waals surface area contributed by atoms with Gasteiger partial charge < -0.3 is 5.11 Å². The van der Waals surface area contributed by atoms with Gasteiger partial charge in [0, 0.05) is 0 Å². The molecule has 0 rings (SSSR count). The van der Waals surface area contributed by atoms with E-state index in [2.05, 4.69) is 6.92 Å². The molecule has 0 aromatic carbocycles. The van der Waals surface area contributed by atoms with Crippen LogP contribution in [-0.4, -0.2) is 62.5 Å². The summed E-state index contributed by atoms with van der Waals surface area (Å²) in [5.41, 5.74) is 0. The van der Waals surface area contributed by atoms with E-state index in [1.54, 1.807) is 6.92 Å². The van der Waals surface area contributed by atoms with Gasteiger partial charge in [-0.3, -0.25) is 4.79 Å². The van der Waals surface area contributed by atoms with E-state index in [0.29, 0.717) is 0 Å². The number of hydrogen-bond donors (Lipinski definition) is 1. The van der Waals surface area contributed by atoms with Gasteiger partial charge in [-0.05, 0) is 6.42 Å². The van der Waals surface area contributed by atoms with Gasteiger partial charge in [0.25, 0.3) is 0 Å². The van der Waals surface area contributed by atoms with Gasteiger partial charge in [-0.1, -0.05) is 33.1 Å². The molecule has 0 aromatic heterocycles. The summed E-state index contributed by atoms with van der Waals surface area (Å²) in [5, 5.41) is 8.48. The van der Waals surface area contributed by atoms with E-state index >= 15 is 0 Å². The zero-order chi connectivity index (χ0) is 7.98. The molecule has 11 heavy (non-hydrogen) atoms. The summed E-state index contributed by atoms with van der Waals surface area (Å²) >= 11 is 0. The normalized spacial score (nSPS) is 11.8. The minimum atomic E-state index is -0.670. The van der Waals surface area contributed by atoms with Crippen molar-refractivity contribution in [3.8, 4) is 0 Å². The van der Waals surface area contributed by atoms with E-state index in [0.717, 1.165) is 25.7 Å². The Morgan fingerprint density at radius 1 is 1.45 bits per heavy atom. The van der Waals surface area contributed by atoms with Gasteiger partial charge in [-0.2, -0.15) is 0 Å². The second-order valence-electron chi connectivity index (χ2n) is 2.74. The first-order valence-corrected chi connectivity index (χ1v) is 3.91. The number of hydrogen-bond acceptors (Lipinski definition) is 1. The van der Waals surface area contributed by atoms with Gasteiger partial charge in [-0.25, -0.2) is 0 Å². The maximum absolute atomic E-state index is 10.3. The molecule has 0 aliphatic carbocycles. The Balaban J connectivity index is 0. The van der Waals surface area contributed by atoms with Gasteiger partial charge in [-0.15, -0.1) is 0 Å². The molecule has 0 fully saturated rings. The van der Waals surface area contributed by atoms with Crippen molar-refractivity contribution in [2.24, 2.45) is 5.92 Å². The molecule has 0 aliphatic rings. The molecule has 0 aliphatic heterocycles. The summed E-state index contributed by atoms with van der Waals surface area (Å²) < 4.78 is 0. The molecule has 0 bridgehead atoms. The Morgan fingerprint density at radius 2 is 2.00 bits per heavy atom. The van der Waals surface area contributed by atoms with Crippen molar-refractivity contribution in [2.75, 3.05) is 0 Å². The third-order valence-corrected chi connectivity index (χ3v) is 1.66. The van der Waals surface area contributed by atoms with Gasteiger partial charge in [0.05, 0.1) is 5.92 Å². The van der Waals surface area contributed by atoms with E-state index in [9.17, 15) is 4.79 Å². The third-order valence-electron chi connectivity index (χ3n) is 1.66. The van der Waals surface area contributed by atoms with E-state index < -0.39 is 5.97 Å². The number of aliphatic carboxylic acids is 1. The molecule has 1 atom stereocenters. The Bertz CT molecular complexity index is 104. The summed E-state index contributed by atoms with van der Waals surface area (Å²) in [6, 6.07) is 0. The van der Waals surface area contributed by atoms with Crippen LogP contribution in [0.25, 0.3) is 0 Å². The average molecular weight is 184 g/mol. The molecule has 0 radical (unpaired) electrons. The van der Waals surface area contributed by atoms with Gasteiger partial charge in [0.2, 0.25) is 0 Å². The third kappa shape index (κ3) is 9.02. The molecule has 0 heterocycles. The van der Waals surface area contributed by atoms with Gasteiger partial charge in [0.1, 0.15) is 0 Å². The van der Waals surface area contributed by atoms with E-state index in [4.69, 9.17) is 5.11 Å². The molecule has 1 N–H and O–H groups in total. The minimum absolute atomic E-state index is 0. The summed E-state index contributed by atoms with van der Waals surface area (Å²) in [6.07, 6.45) is 4.18. The Morgan fingerprint density at radius 3 is 2.36 bits per heavy atom. The SMILES string of the molecule is CCCCCC(C)C(=O)O.[KH]. The van der Waals surface area contributed by atoms with Crippen molar-refractivity contribution >= 4 is 57.4 Å². The predicted octanol–water partition coefficient (Wildman–Crippen LogP) is 1.64. The first-order valence-electron chi connectivity index (χ1n) is 3.91. The van der Waals surface area contributed by atoms with Crippen LogP contribution in [0.2, 0.25) is 0 Å². The van der Waals surface area contributed by atoms with Crippen LogP contribution in [0.15, 0.2) is 0 Å². The van der Waals surface area contributed by atoms with E-state index in [-0.39, 0.29) is 57.3 Å². The first kappa shape index (κ1) is 14.6. The van der Waals surface area contributed by atoms with Crippen LogP contribution >= 0.6 is 0 Å². The van der Waals surface area contributed by atoms with Crippen molar-refractivity contribution in [1.82, 2.24) is 0 Å². The van der Waals surface area contributed by atoms with Gasteiger partial charge in [0.15, 0.2) is 0 Å².